The van der Waals surface area contributed by atoms with Gasteiger partial charge in [0.1, 0.15) is 11.9 Å². The van der Waals surface area contributed by atoms with Gasteiger partial charge in [0, 0.05) is 43.5 Å². The number of nitrogens with one attached hydrogen (secondary N) is 2. The second-order valence-electron chi connectivity index (χ2n) is 10.5. The van der Waals surface area contributed by atoms with Crippen molar-refractivity contribution in [3.8, 4) is 0 Å². The van der Waals surface area contributed by atoms with Crippen LogP contribution in [0.1, 0.15) is 57.9 Å². The number of amides is 2. The zero-order chi connectivity index (χ0) is 28.0. The standard InChI is InChI=1S/C27H39N5O7/c1-3-37-23(33)16-27(36)11-14-30(15-12-27)17-22-18-31(26(35)38-22)21-9-7-20(8-10-21)24(28)29-25(34)39-32-13-5-4-6-19(32)2/h7-10,19,22,36H,3-6,11-18H2,1-2H3,(H2,28,29,34). The number of cyclic esters (lactones) is 1. The zero-order valence-corrected chi connectivity index (χ0v) is 22.7. The highest BCUT2D eigenvalue weighted by Gasteiger charge is 2.38. The molecule has 0 saturated carbocycles. The highest BCUT2D eigenvalue weighted by atomic mass is 16.7. The topological polar surface area (TPSA) is 145 Å². The molecule has 3 heterocycles. The van der Waals surface area contributed by atoms with E-state index in [4.69, 9.17) is 19.7 Å². The minimum Gasteiger partial charge on any atom is -0.466 e. The fourth-order valence-corrected chi connectivity index (χ4v) is 5.24. The van der Waals surface area contributed by atoms with Crippen molar-refractivity contribution in [1.82, 2.24) is 15.3 Å². The third-order valence-corrected chi connectivity index (χ3v) is 7.54. The van der Waals surface area contributed by atoms with Gasteiger partial charge in [-0.3, -0.25) is 25.3 Å². The average molecular weight is 546 g/mol. The Balaban J connectivity index is 1.24. The lowest BCUT2D eigenvalue weighted by molar-refractivity contribution is -0.150. The van der Waals surface area contributed by atoms with Crippen molar-refractivity contribution in [1.29, 1.82) is 5.41 Å². The fraction of sp³-hybridized carbons (Fsp3) is 0.630. The van der Waals surface area contributed by atoms with Gasteiger partial charge in [-0.25, -0.2) is 9.59 Å². The van der Waals surface area contributed by atoms with Crippen LogP contribution in [0.5, 0.6) is 0 Å². The maximum Gasteiger partial charge on any atom is 0.431 e. The van der Waals surface area contributed by atoms with E-state index in [1.165, 1.54) is 0 Å². The van der Waals surface area contributed by atoms with E-state index in [1.54, 1.807) is 41.2 Å². The van der Waals surface area contributed by atoms with Crippen LogP contribution in [-0.2, 0) is 19.1 Å². The van der Waals surface area contributed by atoms with Crippen LogP contribution < -0.4 is 10.2 Å². The van der Waals surface area contributed by atoms with E-state index in [2.05, 4.69) is 10.2 Å². The summed E-state index contributed by atoms with van der Waals surface area (Å²) >= 11 is 0. The van der Waals surface area contributed by atoms with Crippen molar-refractivity contribution in [2.24, 2.45) is 0 Å². The van der Waals surface area contributed by atoms with E-state index in [1.807, 2.05) is 6.92 Å². The van der Waals surface area contributed by atoms with E-state index in [0.29, 0.717) is 63.4 Å². The molecule has 1 aromatic rings. The van der Waals surface area contributed by atoms with Crippen LogP contribution in [0.4, 0.5) is 15.3 Å². The van der Waals surface area contributed by atoms with Crippen LogP contribution in [-0.4, -0.2) is 96.1 Å². The second kappa shape index (κ2) is 12.8. The molecule has 4 rings (SSSR count). The first-order valence-electron chi connectivity index (χ1n) is 13.7. The normalized spacial score (nSPS) is 23.7. The Labute approximate surface area is 228 Å². The Morgan fingerprint density at radius 2 is 1.90 bits per heavy atom. The molecular weight excluding hydrogens is 506 g/mol. The molecule has 3 aliphatic heterocycles. The molecule has 2 atom stereocenters. The first-order chi connectivity index (χ1) is 18.7. The van der Waals surface area contributed by atoms with Crippen LogP contribution >= 0.6 is 0 Å². The van der Waals surface area contributed by atoms with Crippen molar-refractivity contribution in [2.75, 3.05) is 44.2 Å². The number of hydroxylamine groups is 2. The van der Waals surface area contributed by atoms with Gasteiger partial charge in [0.25, 0.3) is 0 Å². The van der Waals surface area contributed by atoms with Crippen LogP contribution in [0.2, 0.25) is 0 Å². The molecule has 3 aliphatic rings. The molecule has 1 aromatic carbocycles. The van der Waals surface area contributed by atoms with E-state index in [9.17, 15) is 19.5 Å². The largest absolute Gasteiger partial charge is 0.466 e. The van der Waals surface area contributed by atoms with Gasteiger partial charge >= 0.3 is 18.2 Å². The molecule has 214 valence electrons. The SMILES string of the molecule is CCOC(=O)CC1(O)CCN(CC2CN(c3ccc(C(=N)NC(=O)ON4CCCCC4C)cc3)C(=O)O2)CC1. The Morgan fingerprint density at radius 1 is 1.18 bits per heavy atom. The van der Waals surface area contributed by atoms with Crippen molar-refractivity contribution < 1.29 is 33.8 Å². The van der Waals surface area contributed by atoms with Gasteiger partial charge < -0.3 is 19.4 Å². The Bertz CT molecular complexity index is 1040. The predicted molar refractivity (Wildman–Crippen MR) is 142 cm³/mol. The number of likely N-dealkylation sites (tertiary alicyclic amines) is 1. The maximum absolute atomic E-state index is 12.6. The molecular formula is C27H39N5O7. The average Bonchev–Trinajstić information content (AvgIpc) is 3.26. The molecule has 3 N–H and O–H groups in total. The van der Waals surface area contributed by atoms with E-state index in [0.717, 1.165) is 19.3 Å². The summed E-state index contributed by atoms with van der Waals surface area (Å²) in [4.78, 5) is 45.6. The third-order valence-electron chi connectivity index (χ3n) is 7.54. The summed E-state index contributed by atoms with van der Waals surface area (Å²) in [5.74, 6) is -0.483. The van der Waals surface area contributed by atoms with Crippen molar-refractivity contribution in [3.05, 3.63) is 29.8 Å². The summed E-state index contributed by atoms with van der Waals surface area (Å²) in [6, 6.07) is 6.90. The monoisotopic (exact) mass is 545 g/mol. The van der Waals surface area contributed by atoms with Gasteiger partial charge in [-0.2, -0.15) is 0 Å². The Kier molecular flexibility index (Phi) is 9.41. The van der Waals surface area contributed by atoms with E-state index in [-0.39, 0.29) is 24.4 Å². The van der Waals surface area contributed by atoms with Gasteiger partial charge in [-0.15, -0.1) is 5.06 Å². The fourth-order valence-electron chi connectivity index (χ4n) is 5.24. The number of amidine groups is 1. The lowest BCUT2D eigenvalue weighted by atomic mass is 9.88. The number of aliphatic hydroxyl groups is 1. The summed E-state index contributed by atoms with van der Waals surface area (Å²) in [5, 5.41) is 23.0. The first-order valence-corrected chi connectivity index (χ1v) is 13.7. The number of ether oxygens (including phenoxy) is 2. The first kappa shape index (κ1) is 28.8. The van der Waals surface area contributed by atoms with Crippen LogP contribution in [0.3, 0.4) is 0 Å². The summed E-state index contributed by atoms with van der Waals surface area (Å²) in [7, 11) is 0. The quantitative estimate of drug-likeness (QED) is 0.255. The molecule has 39 heavy (non-hydrogen) atoms. The minimum atomic E-state index is -1.06. The molecule has 2 amide bonds. The number of piperidine rings is 2. The molecule has 12 heteroatoms. The lowest BCUT2D eigenvalue weighted by Gasteiger charge is -2.38. The molecule has 0 aromatic heterocycles. The number of hydrogen-bond acceptors (Lipinski definition) is 10. The molecule has 0 spiro atoms. The van der Waals surface area contributed by atoms with Gasteiger partial charge in [-0.05, 0) is 63.8 Å². The van der Waals surface area contributed by atoms with Crippen LogP contribution in [0.25, 0.3) is 0 Å². The van der Waals surface area contributed by atoms with Crippen LogP contribution in [0, 0.1) is 5.41 Å². The third kappa shape index (κ3) is 7.68. The Morgan fingerprint density at radius 3 is 2.56 bits per heavy atom. The summed E-state index contributed by atoms with van der Waals surface area (Å²) in [6.45, 7) is 6.80. The number of anilines is 1. The van der Waals surface area contributed by atoms with Crippen molar-refractivity contribution in [3.63, 3.8) is 0 Å². The van der Waals surface area contributed by atoms with Crippen molar-refractivity contribution >= 4 is 29.7 Å². The highest BCUT2D eigenvalue weighted by molar-refractivity contribution is 6.04. The van der Waals surface area contributed by atoms with Gasteiger partial charge in [0.15, 0.2) is 0 Å². The van der Waals surface area contributed by atoms with Crippen LogP contribution in [0.15, 0.2) is 24.3 Å². The Hall–Kier alpha value is -3.22. The molecule has 2 unspecified atom stereocenters. The maximum atomic E-state index is 12.6. The number of benzene rings is 1. The molecule has 0 radical (unpaired) electrons. The number of carbonyl (C=O) groups excluding carboxylic acids is 3. The number of carbonyl (C=O) groups is 3. The zero-order valence-electron chi connectivity index (χ0n) is 22.7. The highest BCUT2D eigenvalue weighted by Crippen LogP contribution is 2.28. The van der Waals surface area contributed by atoms with Crippen molar-refractivity contribution in [2.45, 2.75) is 70.1 Å². The number of esters is 1. The smallest absolute Gasteiger partial charge is 0.431 e. The van der Waals surface area contributed by atoms with Gasteiger partial charge in [0.05, 0.1) is 25.2 Å². The summed E-state index contributed by atoms with van der Waals surface area (Å²) in [5.41, 5.74) is 0.0510. The summed E-state index contributed by atoms with van der Waals surface area (Å²) < 4.78 is 10.5. The van der Waals surface area contributed by atoms with E-state index >= 15 is 0 Å². The number of rotatable bonds is 8. The molecule has 12 nitrogen and oxygen atoms in total. The molecule has 0 bridgehead atoms. The molecule has 3 fully saturated rings. The number of nitrogens with zero attached hydrogens (tertiary/aromatic N) is 3. The molecule has 3 saturated heterocycles. The second-order valence-corrected chi connectivity index (χ2v) is 10.5. The lowest BCUT2D eigenvalue weighted by Crippen LogP contribution is -2.48. The number of hydrogen-bond donors (Lipinski definition) is 3. The molecule has 0 aliphatic carbocycles. The van der Waals surface area contributed by atoms with E-state index < -0.39 is 23.8 Å². The summed E-state index contributed by atoms with van der Waals surface area (Å²) in [6.07, 6.45) is 2.45. The predicted octanol–water partition coefficient (Wildman–Crippen LogP) is 2.63. The minimum absolute atomic E-state index is 0.0112. The van der Waals surface area contributed by atoms with Gasteiger partial charge in [0.2, 0.25) is 0 Å². The van der Waals surface area contributed by atoms with Gasteiger partial charge in [-0.1, -0.05) is 6.42 Å².